The summed E-state index contributed by atoms with van der Waals surface area (Å²) >= 11 is 1.78. The fourth-order valence-electron chi connectivity index (χ4n) is 3.11. The largest absolute Gasteiger partial charge is 0.384 e. The predicted molar refractivity (Wildman–Crippen MR) is 83.4 cm³/mol. The summed E-state index contributed by atoms with van der Waals surface area (Å²) in [6.07, 6.45) is 3.87. The summed E-state index contributed by atoms with van der Waals surface area (Å²) in [7, 11) is 3.97. The Bertz CT molecular complexity index is 460. The van der Waals surface area contributed by atoms with Crippen molar-refractivity contribution in [1.82, 2.24) is 9.88 Å². The van der Waals surface area contributed by atoms with Crippen LogP contribution in [0.1, 0.15) is 31.9 Å². The van der Waals surface area contributed by atoms with Crippen molar-refractivity contribution in [1.29, 1.82) is 0 Å². The van der Waals surface area contributed by atoms with Crippen LogP contribution in [0.25, 0.3) is 0 Å². The molecule has 0 bridgehead atoms. The predicted octanol–water partition coefficient (Wildman–Crippen LogP) is 2.60. The van der Waals surface area contributed by atoms with Gasteiger partial charge in [-0.3, -0.25) is 4.90 Å². The van der Waals surface area contributed by atoms with Gasteiger partial charge in [0, 0.05) is 44.1 Å². The van der Waals surface area contributed by atoms with Crippen LogP contribution in [0.15, 0.2) is 5.38 Å². The van der Waals surface area contributed by atoms with Crippen molar-refractivity contribution in [2.24, 2.45) is 5.41 Å². The number of likely N-dealkylation sites (tertiary alicyclic amines) is 1. The molecule has 2 aliphatic rings. The minimum atomic E-state index is 0.318. The number of nitrogens with zero attached hydrogens (tertiary/aromatic N) is 3. The van der Waals surface area contributed by atoms with Gasteiger partial charge >= 0.3 is 0 Å². The van der Waals surface area contributed by atoms with Crippen LogP contribution in [-0.2, 0) is 11.3 Å². The summed E-state index contributed by atoms with van der Waals surface area (Å²) in [4.78, 5) is 9.65. The average molecular weight is 295 g/mol. The van der Waals surface area contributed by atoms with E-state index < -0.39 is 0 Å². The van der Waals surface area contributed by atoms with Gasteiger partial charge in [-0.05, 0) is 25.8 Å². The maximum absolute atomic E-state index is 5.35. The van der Waals surface area contributed by atoms with E-state index in [9.17, 15) is 0 Å². The Hall–Kier alpha value is -0.650. The minimum Gasteiger partial charge on any atom is -0.384 e. The van der Waals surface area contributed by atoms with E-state index in [1.807, 2.05) is 0 Å². The Kier molecular flexibility index (Phi) is 4.02. The quantitative estimate of drug-likeness (QED) is 0.806. The molecule has 0 spiro atoms. The molecule has 1 aliphatic heterocycles. The zero-order valence-electron chi connectivity index (χ0n) is 12.8. The van der Waals surface area contributed by atoms with Crippen molar-refractivity contribution in [2.75, 3.05) is 38.8 Å². The lowest BCUT2D eigenvalue weighted by atomic mass is 9.91. The van der Waals surface area contributed by atoms with Crippen molar-refractivity contribution in [3.63, 3.8) is 0 Å². The standard InChI is InChI=1S/C15H25N3OS/c1-15(11-19-3)6-7-18(10-15)8-12-9-20-14(16-12)17(2)13-4-5-13/h9,13H,4-8,10-11H2,1-3H3/t15-/m0/s1. The van der Waals surface area contributed by atoms with Crippen molar-refractivity contribution < 1.29 is 4.74 Å². The number of rotatable bonds is 6. The minimum absolute atomic E-state index is 0.318. The summed E-state index contributed by atoms with van der Waals surface area (Å²) in [6, 6.07) is 0.741. The van der Waals surface area contributed by atoms with Crippen LogP contribution in [0.4, 0.5) is 5.13 Å². The van der Waals surface area contributed by atoms with Crippen molar-refractivity contribution >= 4 is 16.5 Å². The average Bonchev–Trinajstić information content (AvgIpc) is 3.06. The molecule has 0 N–H and O–H groups in total. The highest BCUT2D eigenvalue weighted by molar-refractivity contribution is 7.13. The van der Waals surface area contributed by atoms with E-state index in [0.717, 1.165) is 32.3 Å². The smallest absolute Gasteiger partial charge is 0.185 e. The van der Waals surface area contributed by atoms with Crippen molar-refractivity contribution in [3.8, 4) is 0 Å². The fourth-order valence-corrected chi connectivity index (χ4v) is 3.96. The monoisotopic (exact) mass is 295 g/mol. The van der Waals surface area contributed by atoms with Gasteiger partial charge in [0.25, 0.3) is 0 Å². The molecule has 1 saturated heterocycles. The molecule has 2 heterocycles. The molecule has 112 valence electrons. The molecule has 0 unspecified atom stereocenters. The Morgan fingerprint density at radius 2 is 2.35 bits per heavy atom. The number of hydrogen-bond acceptors (Lipinski definition) is 5. The van der Waals surface area contributed by atoms with E-state index in [0.29, 0.717) is 5.41 Å². The van der Waals surface area contributed by atoms with E-state index in [4.69, 9.17) is 9.72 Å². The molecular weight excluding hydrogens is 270 g/mol. The Balaban J connectivity index is 1.56. The molecule has 0 aromatic carbocycles. The van der Waals surface area contributed by atoms with Crippen LogP contribution in [0.3, 0.4) is 0 Å². The third kappa shape index (κ3) is 3.15. The highest BCUT2D eigenvalue weighted by atomic mass is 32.1. The lowest BCUT2D eigenvalue weighted by molar-refractivity contribution is 0.0954. The lowest BCUT2D eigenvalue weighted by Gasteiger charge is -2.23. The molecule has 2 fully saturated rings. The van der Waals surface area contributed by atoms with E-state index in [1.165, 1.54) is 30.1 Å². The third-order valence-corrected chi connectivity index (χ3v) is 5.43. The number of methoxy groups -OCH3 is 1. The van der Waals surface area contributed by atoms with Crippen LogP contribution in [-0.4, -0.2) is 49.8 Å². The summed E-state index contributed by atoms with van der Waals surface area (Å²) in [6.45, 7) is 6.44. The summed E-state index contributed by atoms with van der Waals surface area (Å²) in [5.41, 5.74) is 1.54. The van der Waals surface area contributed by atoms with Crippen LogP contribution in [0.2, 0.25) is 0 Å². The summed E-state index contributed by atoms with van der Waals surface area (Å²) < 4.78 is 5.35. The van der Waals surface area contributed by atoms with Crippen LogP contribution >= 0.6 is 11.3 Å². The Morgan fingerprint density at radius 1 is 1.55 bits per heavy atom. The number of thiazole rings is 1. The van der Waals surface area contributed by atoms with Crippen molar-refractivity contribution in [2.45, 2.75) is 38.8 Å². The van der Waals surface area contributed by atoms with Gasteiger partial charge in [-0.1, -0.05) is 6.92 Å². The number of hydrogen-bond donors (Lipinski definition) is 0. The molecule has 1 aliphatic carbocycles. The first-order valence-electron chi connectivity index (χ1n) is 7.48. The first kappa shape index (κ1) is 14.3. The van der Waals surface area contributed by atoms with Crippen LogP contribution in [0, 0.1) is 5.41 Å². The Labute approximate surface area is 125 Å². The van der Waals surface area contributed by atoms with E-state index in [1.54, 1.807) is 18.4 Å². The second kappa shape index (κ2) is 5.62. The molecule has 0 amide bonds. The first-order valence-corrected chi connectivity index (χ1v) is 8.36. The number of anilines is 1. The summed E-state index contributed by atoms with van der Waals surface area (Å²) in [5, 5.41) is 3.40. The maximum atomic E-state index is 5.35. The van der Waals surface area contributed by atoms with Gasteiger partial charge in [0.2, 0.25) is 0 Å². The van der Waals surface area contributed by atoms with Gasteiger partial charge in [-0.2, -0.15) is 0 Å². The Morgan fingerprint density at radius 3 is 3.05 bits per heavy atom. The third-order valence-electron chi connectivity index (χ3n) is 4.45. The number of ether oxygens (including phenoxy) is 1. The lowest BCUT2D eigenvalue weighted by Crippen LogP contribution is -2.28. The zero-order valence-corrected chi connectivity index (χ0v) is 13.6. The number of aromatic nitrogens is 1. The molecule has 4 nitrogen and oxygen atoms in total. The topological polar surface area (TPSA) is 28.6 Å². The molecule has 1 aromatic rings. The second-order valence-electron chi connectivity index (χ2n) is 6.67. The second-order valence-corrected chi connectivity index (χ2v) is 7.50. The summed E-state index contributed by atoms with van der Waals surface area (Å²) in [5.74, 6) is 0. The highest BCUT2D eigenvalue weighted by Gasteiger charge is 2.34. The van der Waals surface area contributed by atoms with Gasteiger partial charge in [0.1, 0.15) is 0 Å². The molecule has 1 saturated carbocycles. The first-order chi connectivity index (χ1) is 9.59. The van der Waals surface area contributed by atoms with Crippen LogP contribution in [0.5, 0.6) is 0 Å². The fraction of sp³-hybridized carbons (Fsp3) is 0.800. The van der Waals surface area contributed by atoms with Crippen molar-refractivity contribution in [3.05, 3.63) is 11.1 Å². The molecule has 0 radical (unpaired) electrons. The van der Waals surface area contributed by atoms with Crippen LogP contribution < -0.4 is 4.90 Å². The molecule has 1 aromatic heterocycles. The highest BCUT2D eigenvalue weighted by Crippen LogP contribution is 2.34. The van der Waals surface area contributed by atoms with Gasteiger partial charge < -0.3 is 9.64 Å². The van der Waals surface area contributed by atoms with E-state index in [-0.39, 0.29) is 0 Å². The zero-order chi connectivity index (χ0) is 14.2. The molecule has 20 heavy (non-hydrogen) atoms. The van der Waals surface area contributed by atoms with Gasteiger partial charge in [-0.15, -0.1) is 11.3 Å². The van der Waals surface area contributed by atoms with E-state index in [2.05, 4.69) is 29.2 Å². The molecule has 5 heteroatoms. The van der Waals surface area contributed by atoms with Gasteiger partial charge in [0.05, 0.1) is 12.3 Å². The SMILES string of the molecule is COC[C@@]1(C)CCN(Cc2csc(N(C)C3CC3)n2)C1. The van der Waals surface area contributed by atoms with Gasteiger partial charge in [-0.25, -0.2) is 4.98 Å². The van der Waals surface area contributed by atoms with E-state index >= 15 is 0 Å². The molecular formula is C15H25N3OS. The molecule has 1 atom stereocenters. The normalized spacial score (nSPS) is 27.1. The molecule has 3 rings (SSSR count). The van der Waals surface area contributed by atoms with Gasteiger partial charge in [0.15, 0.2) is 5.13 Å². The maximum Gasteiger partial charge on any atom is 0.185 e.